The number of morpholine rings is 1. The van der Waals surface area contributed by atoms with Gasteiger partial charge in [-0.05, 0) is 42.2 Å². The summed E-state index contributed by atoms with van der Waals surface area (Å²) in [6, 6.07) is 15.1. The minimum Gasteiger partial charge on any atom is -0.454 e. The lowest BCUT2D eigenvalue weighted by Gasteiger charge is -2.48. The Morgan fingerprint density at radius 3 is 2.55 bits per heavy atom. The quantitative estimate of drug-likeness (QED) is 0.703. The highest BCUT2D eigenvalue weighted by Crippen LogP contribution is 2.34. The Labute approximate surface area is 195 Å². The smallest absolute Gasteiger partial charge is 0.339 e. The van der Waals surface area contributed by atoms with E-state index >= 15 is 0 Å². The molecule has 2 aliphatic heterocycles. The topological polar surface area (TPSA) is 67.9 Å². The van der Waals surface area contributed by atoms with Crippen LogP contribution in [0.2, 0.25) is 0 Å². The van der Waals surface area contributed by atoms with Crippen LogP contribution in [-0.2, 0) is 15.9 Å². The van der Waals surface area contributed by atoms with Crippen molar-refractivity contribution in [2.45, 2.75) is 50.2 Å². The van der Waals surface area contributed by atoms with Crippen LogP contribution in [0.25, 0.3) is 0 Å². The number of carbonyl (C=O) groups excluding carboxylic acids is 2. The molecule has 33 heavy (non-hydrogen) atoms. The number of hydrogen-bond donors (Lipinski definition) is 1. The molecular formula is C27H32N2O4. The van der Waals surface area contributed by atoms with Crippen molar-refractivity contribution in [3.8, 4) is 0 Å². The second kappa shape index (κ2) is 9.65. The molecule has 1 N–H and O–H groups in total. The molecule has 6 nitrogen and oxygen atoms in total. The highest BCUT2D eigenvalue weighted by atomic mass is 16.5. The Balaban J connectivity index is 1.30. The summed E-state index contributed by atoms with van der Waals surface area (Å²) in [5.41, 5.74) is 3.01. The first-order valence-electron chi connectivity index (χ1n) is 12.1. The third kappa shape index (κ3) is 4.68. The third-order valence-corrected chi connectivity index (χ3v) is 7.46. The van der Waals surface area contributed by atoms with Crippen molar-refractivity contribution in [1.82, 2.24) is 10.2 Å². The number of rotatable bonds is 5. The SMILES string of the molecule is O=C(NCC1(N2CCOCC2)CCCCC1)c1ccc2c(c1)C[C@H](c1ccccc1)OC2=O. The molecule has 3 aliphatic rings. The van der Waals surface area contributed by atoms with E-state index in [0.717, 1.165) is 50.3 Å². The first kappa shape index (κ1) is 22.1. The van der Waals surface area contributed by atoms with Gasteiger partial charge in [-0.15, -0.1) is 0 Å². The lowest BCUT2D eigenvalue weighted by molar-refractivity contribution is -0.0361. The Hall–Kier alpha value is -2.70. The number of benzene rings is 2. The summed E-state index contributed by atoms with van der Waals surface area (Å²) < 4.78 is 11.2. The number of cyclic esters (lactones) is 1. The fourth-order valence-electron chi connectivity index (χ4n) is 5.59. The summed E-state index contributed by atoms with van der Waals surface area (Å²) >= 11 is 0. The summed E-state index contributed by atoms with van der Waals surface area (Å²) in [5.74, 6) is -0.406. The van der Waals surface area contributed by atoms with Crippen LogP contribution in [0.3, 0.4) is 0 Å². The van der Waals surface area contributed by atoms with Crippen molar-refractivity contribution in [2.24, 2.45) is 0 Å². The van der Waals surface area contributed by atoms with Crippen LogP contribution in [0.4, 0.5) is 0 Å². The van der Waals surface area contributed by atoms with Crippen LogP contribution in [0.1, 0.15) is 70.1 Å². The molecule has 1 atom stereocenters. The maximum atomic E-state index is 13.2. The van der Waals surface area contributed by atoms with E-state index in [9.17, 15) is 9.59 Å². The van der Waals surface area contributed by atoms with Crippen LogP contribution < -0.4 is 5.32 Å². The molecule has 1 saturated carbocycles. The van der Waals surface area contributed by atoms with E-state index in [2.05, 4.69) is 10.2 Å². The van der Waals surface area contributed by atoms with Gasteiger partial charge in [-0.3, -0.25) is 9.69 Å². The summed E-state index contributed by atoms with van der Waals surface area (Å²) in [6.07, 6.45) is 6.15. The molecule has 2 aromatic carbocycles. The van der Waals surface area contributed by atoms with Crippen LogP contribution in [0.5, 0.6) is 0 Å². The van der Waals surface area contributed by atoms with Gasteiger partial charge in [0.15, 0.2) is 0 Å². The second-order valence-corrected chi connectivity index (χ2v) is 9.45. The molecule has 1 amide bonds. The Kier molecular flexibility index (Phi) is 6.47. The van der Waals surface area contributed by atoms with Gasteiger partial charge in [0.05, 0.1) is 18.8 Å². The van der Waals surface area contributed by atoms with Gasteiger partial charge in [-0.25, -0.2) is 4.79 Å². The standard InChI is InChI=1S/C27H32N2O4/c30-25(28-19-27(11-5-2-6-12-27)29-13-15-32-16-14-29)21-9-10-23-22(17-21)18-24(33-26(23)31)20-7-3-1-4-8-20/h1,3-4,7-10,17,24H,2,5-6,11-16,18-19H2,(H,28,30)/t24-/m1/s1. The van der Waals surface area contributed by atoms with E-state index in [1.807, 2.05) is 36.4 Å². The van der Waals surface area contributed by atoms with Crippen LogP contribution in [0.15, 0.2) is 48.5 Å². The zero-order valence-electron chi connectivity index (χ0n) is 19.1. The van der Waals surface area contributed by atoms with E-state index in [1.165, 1.54) is 19.3 Å². The summed E-state index contributed by atoms with van der Waals surface area (Å²) in [5, 5.41) is 3.23. The predicted molar refractivity (Wildman–Crippen MR) is 125 cm³/mol. The van der Waals surface area contributed by atoms with Crippen LogP contribution in [-0.4, -0.2) is 55.2 Å². The number of fused-ring (bicyclic) bond motifs is 1. The number of esters is 1. The number of amides is 1. The summed E-state index contributed by atoms with van der Waals surface area (Å²) in [6.45, 7) is 4.03. The van der Waals surface area contributed by atoms with Crippen molar-refractivity contribution >= 4 is 11.9 Å². The Morgan fingerprint density at radius 2 is 1.79 bits per heavy atom. The van der Waals surface area contributed by atoms with Crippen LogP contribution >= 0.6 is 0 Å². The van der Waals surface area contributed by atoms with E-state index in [-0.39, 0.29) is 23.5 Å². The summed E-state index contributed by atoms with van der Waals surface area (Å²) in [7, 11) is 0. The van der Waals surface area contributed by atoms with Crippen molar-refractivity contribution in [3.63, 3.8) is 0 Å². The molecule has 174 valence electrons. The maximum absolute atomic E-state index is 13.2. The highest BCUT2D eigenvalue weighted by molar-refractivity contribution is 5.97. The second-order valence-electron chi connectivity index (χ2n) is 9.45. The van der Waals surface area contributed by atoms with Gasteiger partial charge >= 0.3 is 5.97 Å². The van der Waals surface area contributed by atoms with Crippen molar-refractivity contribution < 1.29 is 19.1 Å². The average Bonchev–Trinajstić information content (AvgIpc) is 2.88. The highest BCUT2D eigenvalue weighted by Gasteiger charge is 2.39. The molecule has 2 fully saturated rings. The fourth-order valence-corrected chi connectivity index (χ4v) is 5.59. The normalized spacial score (nSPS) is 22.8. The molecule has 2 aromatic rings. The molecule has 1 aliphatic carbocycles. The number of ether oxygens (including phenoxy) is 2. The van der Waals surface area contributed by atoms with Crippen molar-refractivity contribution in [1.29, 1.82) is 0 Å². The largest absolute Gasteiger partial charge is 0.454 e. The minimum absolute atomic E-state index is 0.0219. The number of nitrogens with zero attached hydrogens (tertiary/aromatic N) is 1. The maximum Gasteiger partial charge on any atom is 0.339 e. The first-order chi connectivity index (χ1) is 16.1. The van der Waals surface area contributed by atoms with E-state index in [0.29, 0.717) is 24.1 Å². The minimum atomic E-state index is -0.328. The number of carbonyl (C=O) groups is 2. The Bertz CT molecular complexity index is 994. The van der Waals surface area contributed by atoms with Gasteiger partial charge in [-0.2, -0.15) is 0 Å². The number of nitrogens with one attached hydrogen (secondary N) is 1. The van der Waals surface area contributed by atoms with Gasteiger partial charge in [0.1, 0.15) is 6.10 Å². The molecule has 0 unspecified atom stereocenters. The summed E-state index contributed by atoms with van der Waals surface area (Å²) in [4.78, 5) is 28.3. The van der Waals surface area contributed by atoms with Crippen molar-refractivity contribution in [2.75, 3.05) is 32.8 Å². The fraction of sp³-hybridized carbons (Fsp3) is 0.481. The third-order valence-electron chi connectivity index (χ3n) is 7.46. The molecule has 0 spiro atoms. The lowest BCUT2D eigenvalue weighted by atomic mass is 9.79. The average molecular weight is 449 g/mol. The van der Waals surface area contributed by atoms with E-state index < -0.39 is 0 Å². The van der Waals surface area contributed by atoms with E-state index in [4.69, 9.17) is 9.47 Å². The molecule has 2 heterocycles. The van der Waals surface area contributed by atoms with Gasteiger partial charge in [-0.1, -0.05) is 49.6 Å². The first-order valence-corrected chi connectivity index (χ1v) is 12.1. The van der Waals surface area contributed by atoms with Crippen LogP contribution in [0, 0.1) is 0 Å². The van der Waals surface area contributed by atoms with Gasteiger partial charge in [0, 0.05) is 37.2 Å². The number of hydrogen-bond acceptors (Lipinski definition) is 5. The zero-order chi connectivity index (χ0) is 22.7. The lowest BCUT2D eigenvalue weighted by Crippen LogP contribution is -2.59. The molecule has 0 radical (unpaired) electrons. The molecule has 1 saturated heterocycles. The molecule has 5 rings (SSSR count). The Morgan fingerprint density at radius 1 is 1.03 bits per heavy atom. The molecule has 0 aromatic heterocycles. The molecule has 0 bridgehead atoms. The van der Waals surface area contributed by atoms with Gasteiger partial charge in [0.2, 0.25) is 0 Å². The van der Waals surface area contributed by atoms with Gasteiger partial charge in [0.25, 0.3) is 5.91 Å². The monoisotopic (exact) mass is 448 g/mol. The zero-order valence-corrected chi connectivity index (χ0v) is 19.1. The molecule has 6 heteroatoms. The van der Waals surface area contributed by atoms with Gasteiger partial charge < -0.3 is 14.8 Å². The molecular weight excluding hydrogens is 416 g/mol. The van der Waals surface area contributed by atoms with Crippen molar-refractivity contribution in [3.05, 3.63) is 70.8 Å². The van der Waals surface area contributed by atoms with E-state index in [1.54, 1.807) is 12.1 Å². The predicted octanol–water partition coefficient (Wildman–Crippen LogP) is 3.91.